The number of thiol groups is 1. The molecule has 9 heteroatoms. The maximum absolute atomic E-state index is 12.5. The van der Waals surface area contributed by atoms with Crippen molar-refractivity contribution in [1.82, 2.24) is 0 Å². The summed E-state index contributed by atoms with van der Waals surface area (Å²) in [6.45, 7) is 0. The Kier molecular flexibility index (Phi) is 8.12. The van der Waals surface area contributed by atoms with Crippen LogP contribution in [0.3, 0.4) is 0 Å². The monoisotopic (exact) mass is 448 g/mol. The predicted octanol–water partition coefficient (Wildman–Crippen LogP) is 3.50. The van der Waals surface area contributed by atoms with E-state index in [0.29, 0.717) is 10.5 Å². The number of aromatic hydroxyl groups is 1. The summed E-state index contributed by atoms with van der Waals surface area (Å²) >= 11 is 4.41. The van der Waals surface area contributed by atoms with Gasteiger partial charge in [-0.2, -0.15) is 5.26 Å². The number of carboxylic acid groups (broad SMARTS) is 1. The number of benzene rings is 3. The van der Waals surface area contributed by atoms with E-state index >= 15 is 0 Å². The highest BCUT2D eigenvalue weighted by atomic mass is 32.1. The lowest BCUT2D eigenvalue weighted by Gasteiger charge is -2.13. The summed E-state index contributed by atoms with van der Waals surface area (Å²) in [5.41, 5.74) is 5.09. The van der Waals surface area contributed by atoms with Crippen LogP contribution in [-0.2, 0) is 4.79 Å². The van der Waals surface area contributed by atoms with Crippen molar-refractivity contribution in [3.63, 3.8) is 0 Å². The van der Waals surface area contributed by atoms with Gasteiger partial charge in [-0.1, -0.05) is 30.3 Å². The van der Waals surface area contributed by atoms with Crippen LogP contribution in [-0.4, -0.2) is 34.8 Å². The van der Waals surface area contributed by atoms with Crippen molar-refractivity contribution in [1.29, 1.82) is 10.7 Å². The molecule has 3 aromatic rings. The number of hydrogen-bond acceptors (Lipinski definition) is 7. The number of nitrogens with one attached hydrogen (secondary N) is 2. The Morgan fingerprint density at radius 3 is 2.31 bits per heavy atom. The number of carboxylic acids is 1. The number of hydrogen-bond donors (Lipinski definition) is 6. The topological polar surface area (TPSA) is 160 Å². The van der Waals surface area contributed by atoms with Gasteiger partial charge in [-0.05, 0) is 48.5 Å². The highest BCUT2D eigenvalue weighted by Gasteiger charge is 2.20. The molecule has 0 aliphatic carbocycles. The normalized spacial score (nSPS) is 9.69. The molecule has 3 aromatic carbocycles. The van der Waals surface area contributed by atoms with E-state index in [9.17, 15) is 19.8 Å². The number of phenols is 1. The molecule has 0 heterocycles. The third-order valence-corrected chi connectivity index (χ3v) is 4.69. The second-order valence-corrected chi connectivity index (χ2v) is 6.74. The van der Waals surface area contributed by atoms with Crippen LogP contribution in [0.15, 0.2) is 65.6 Å². The standard InChI is InChI=1S/C22H15N3O4S.CH5N/c23-11-12-6-7-17(15(8-12)22(28)29)25-21(27)20(24)16-10-19(30)14(9-18(16)26)13-4-2-1-3-5-13;1-2/h1-10,24,26,30H,(H,25,27)(H,28,29);2H2,1H3. The lowest BCUT2D eigenvalue weighted by atomic mass is 10.0. The van der Waals surface area contributed by atoms with Crippen LogP contribution in [0.25, 0.3) is 11.1 Å². The molecule has 6 N–H and O–H groups in total. The Labute approximate surface area is 189 Å². The molecular weight excluding hydrogens is 428 g/mol. The summed E-state index contributed by atoms with van der Waals surface area (Å²) in [5, 5.41) is 39.1. The van der Waals surface area contributed by atoms with Gasteiger partial charge in [-0.15, -0.1) is 12.6 Å². The third kappa shape index (κ3) is 5.31. The number of carbonyl (C=O) groups is 2. The number of nitriles is 1. The Morgan fingerprint density at radius 2 is 1.72 bits per heavy atom. The fourth-order valence-corrected chi connectivity index (χ4v) is 3.16. The first-order valence-electron chi connectivity index (χ1n) is 9.18. The van der Waals surface area contributed by atoms with Crippen LogP contribution in [0.1, 0.15) is 21.5 Å². The van der Waals surface area contributed by atoms with E-state index in [1.54, 1.807) is 0 Å². The summed E-state index contributed by atoms with van der Waals surface area (Å²) in [6.07, 6.45) is 0. The fraction of sp³-hybridized carbons (Fsp3) is 0.0435. The van der Waals surface area contributed by atoms with Gasteiger partial charge < -0.3 is 21.3 Å². The van der Waals surface area contributed by atoms with E-state index in [2.05, 4.69) is 23.7 Å². The number of nitrogens with two attached hydrogens (primary N) is 1. The first kappa shape index (κ1) is 24.1. The molecule has 1 amide bonds. The van der Waals surface area contributed by atoms with Crippen molar-refractivity contribution >= 4 is 35.9 Å². The Bertz CT molecular complexity index is 1220. The van der Waals surface area contributed by atoms with Gasteiger partial charge in [-0.25, -0.2) is 4.79 Å². The Hall–Kier alpha value is -4.13. The first-order valence-corrected chi connectivity index (χ1v) is 9.63. The van der Waals surface area contributed by atoms with E-state index in [0.717, 1.165) is 11.6 Å². The maximum Gasteiger partial charge on any atom is 0.337 e. The van der Waals surface area contributed by atoms with Gasteiger partial charge in [0.15, 0.2) is 0 Å². The van der Waals surface area contributed by atoms with Gasteiger partial charge in [0, 0.05) is 10.5 Å². The minimum atomic E-state index is -1.33. The van der Waals surface area contributed by atoms with Gasteiger partial charge in [0.2, 0.25) is 0 Å². The Morgan fingerprint density at radius 1 is 1.06 bits per heavy atom. The number of nitrogens with zero attached hydrogens (tertiary/aromatic N) is 1. The number of carbonyl (C=O) groups excluding carboxylic acids is 1. The fourth-order valence-electron chi connectivity index (χ4n) is 2.83. The molecule has 0 aromatic heterocycles. The summed E-state index contributed by atoms with van der Waals surface area (Å²) < 4.78 is 0. The zero-order chi connectivity index (χ0) is 23.8. The lowest BCUT2D eigenvalue weighted by Crippen LogP contribution is -2.24. The summed E-state index contributed by atoms with van der Waals surface area (Å²) in [4.78, 5) is 24.4. The number of anilines is 1. The van der Waals surface area contributed by atoms with Crippen molar-refractivity contribution in [3.8, 4) is 22.9 Å². The highest BCUT2D eigenvalue weighted by Crippen LogP contribution is 2.33. The number of amides is 1. The molecule has 0 radical (unpaired) electrons. The average Bonchev–Trinajstić information content (AvgIpc) is 2.81. The summed E-state index contributed by atoms with van der Waals surface area (Å²) in [6, 6.07) is 17.6. The second kappa shape index (κ2) is 10.8. The average molecular weight is 449 g/mol. The van der Waals surface area contributed by atoms with Gasteiger partial charge >= 0.3 is 5.97 Å². The molecule has 32 heavy (non-hydrogen) atoms. The van der Waals surface area contributed by atoms with Crippen molar-refractivity contribution in [2.45, 2.75) is 4.90 Å². The minimum Gasteiger partial charge on any atom is -0.507 e. The van der Waals surface area contributed by atoms with Crippen LogP contribution in [0.4, 0.5) is 5.69 Å². The number of phenolic OH excluding ortho intramolecular Hbond substituents is 1. The van der Waals surface area contributed by atoms with E-state index in [-0.39, 0.29) is 28.1 Å². The van der Waals surface area contributed by atoms with E-state index < -0.39 is 17.6 Å². The molecule has 0 saturated carbocycles. The highest BCUT2D eigenvalue weighted by molar-refractivity contribution is 7.80. The summed E-state index contributed by atoms with van der Waals surface area (Å²) in [7, 11) is 1.50. The van der Waals surface area contributed by atoms with E-state index in [1.807, 2.05) is 36.4 Å². The first-order chi connectivity index (χ1) is 15.3. The predicted molar refractivity (Wildman–Crippen MR) is 124 cm³/mol. The number of aromatic carboxylic acids is 1. The third-order valence-electron chi connectivity index (χ3n) is 4.32. The van der Waals surface area contributed by atoms with Crippen LogP contribution in [0.5, 0.6) is 5.75 Å². The molecule has 0 fully saturated rings. The van der Waals surface area contributed by atoms with Crippen molar-refractivity contribution in [3.05, 3.63) is 77.4 Å². The molecule has 0 aliphatic heterocycles. The van der Waals surface area contributed by atoms with E-state index in [1.165, 1.54) is 31.3 Å². The van der Waals surface area contributed by atoms with Crippen LogP contribution in [0.2, 0.25) is 0 Å². The van der Waals surface area contributed by atoms with Crippen LogP contribution in [0, 0.1) is 16.7 Å². The molecular formula is C23H20N4O4S. The smallest absolute Gasteiger partial charge is 0.337 e. The lowest BCUT2D eigenvalue weighted by molar-refractivity contribution is -0.110. The molecule has 0 spiro atoms. The van der Waals surface area contributed by atoms with Gasteiger partial charge in [0.1, 0.15) is 11.5 Å². The zero-order valence-electron chi connectivity index (χ0n) is 17.0. The van der Waals surface area contributed by atoms with E-state index in [4.69, 9.17) is 10.7 Å². The molecule has 0 bridgehead atoms. The molecule has 3 rings (SSSR count). The van der Waals surface area contributed by atoms with Crippen molar-refractivity contribution in [2.75, 3.05) is 12.4 Å². The zero-order valence-corrected chi connectivity index (χ0v) is 17.9. The number of rotatable bonds is 5. The second-order valence-electron chi connectivity index (χ2n) is 6.26. The molecule has 0 atom stereocenters. The van der Waals surface area contributed by atoms with Crippen molar-refractivity contribution in [2.24, 2.45) is 5.73 Å². The molecule has 0 aliphatic rings. The maximum atomic E-state index is 12.5. The quantitative estimate of drug-likeness (QED) is 0.259. The van der Waals surface area contributed by atoms with Gasteiger partial charge in [0.25, 0.3) is 5.91 Å². The largest absolute Gasteiger partial charge is 0.507 e. The Balaban J connectivity index is 0.00000176. The van der Waals surface area contributed by atoms with Crippen LogP contribution < -0.4 is 11.1 Å². The molecule has 0 saturated heterocycles. The SMILES string of the molecule is CN.N#Cc1ccc(NC(=O)C(=N)c2cc(S)c(-c3ccccc3)cc2O)c(C(=O)O)c1. The molecule has 8 nitrogen and oxygen atoms in total. The molecule has 162 valence electrons. The minimum absolute atomic E-state index is 0.0531. The summed E-state index contributed by atoms with van der Waals surface area (Å²) in [5.74, 6) is -2.54. The van der Waals surface area contributed by atoms with Crippen LogP contribution >= 0.6 is 12.6 Å². The molecule has 0 unspecified atom stereocenters. The van der Waals surface area contributed by atoms with Gasteiger partial charge in [-0.3, -0.25) is 10.2 Å². The van der Waals surface area contributed by atoms with Gasteiger partial charge in [0.05, 0.1) is 22.9 Å². The van der Waals surface area contributed by atoms with Crippen molar-refractivity contribution < 1.29 is 19.8 Å².